The highest BCUT2D eigenvalue weighted by molar-refractivity contribution is 6.02. The van der Waals surface area contributed by atoms with E-state index in [2.05, 4.69) is 10.3 Å². The number of rotatable bonds is 7. The van der Waals surface area contributed by atoms with Gasteiger partial charge in [-0.05, 0) is 43.3 Å². The summed E-state index contributed by atoms with van der Waals surface area (Å²) < 4.78 is 6.58. The highest BCUT2D eigenvalue weighted by Crippen LogP contribution is 2.19. The van der Waals surface area contributed by atoms with Gasteiger partial charge >= 0.3 is 0 Å². The smallest absolute Gasteiger partial charge is 0.254 e. The number of anilines is 1. The molecule has 0 radical (unpaired) electrons. The number of aromatic nitrogens is 2. The van der Waals surface area contributed by atoms with Crippen molar-refractivity contribution < 1.29 is 14.3 Å². The van der Waals surface area contributed by atoms with E-state index >= 15 is 0 Å². The van der Waals surface area contributed by atoms with E-state index < -0.39 is 11.8 Å². The van der Waals surface area contributed by atoms with Crippen LogP contribution < -0.4 is 21.3 Å². The molecule has 0 atom stereocenters. The molecule has 0 spiro atoms. The van der Waals surface area contributed by atoms with Crippen LogP contribution in [0.15, 0.2) is 65.7 Å². The van der Waals surface area contributed by atoms with E-state index in [-0.39, 0.29) is 23.4 Å². The number of benzene rings is 2. The monoisotopic (exact) mass is 392 g/mol. The van der Waals surface area contributed by atoms with Gasteiger partial charge < -0.3 is 15.8 Å². The van der Waals surface area contributed by atoms with Crippen LogP contribution in [-0.2, 0) is 11.3 Å². The van der Waals surface area contributed by atoms with Crippen molar-refractivity contribution in [3.05, 3.63) is 76.8 Å². The predicted octanol–water partition coefficient (Wildman–Crippen LogP) is 2.05. The lowest BCUT2D eigenvalue weighted by Crippen LogP contribution is -2.28. The number of amides is 2. The summed E-state index contributed by atoms with van der Waals surface area (Å²) in [6.45, 7) is 2.22. The van der Waals surface area contributed by atoms with Crippen molar-refractivity contribution in [1.82, 2.24) is 9.55 Å². The standard InChI is InChI=1S/C21H20N4O4/c1-2-29-15-9-7-14(8-10-15)18-11-20(27)25(13-23-18)12-19(26)24-17-6-4-3-5-16(17)21(22)28/h3-11,13H,2,12H2,1H3,(H2,22,28)(H,24,26). The van der Waals surface area contributed by atoms with Crippen molar-refractivity contribution in [3.8, 4) is 17.0 Å². The van der Waals surface area contributed by atoms with Crippen LogP contribution in [0, 0.1) is 0 Å². The first-order valence-electron chi connectivity index (χ1n) is 8.96. The number of nitrogens with one attached hydrogen (secondary N) is 1. The number of nitrogens with zero attached hydrogens (tertiary/aromatic N) is 2. The SMILES string of the molecule is CCOc1ccc(-c2cc(=O)n(CC(=O)Nc3ccccc3C(N)=O)cn2)cc1. The Bertz CT molecular complexity index is 1090. The first kappa shape index (κ1) is 19.8. The van der Waals surface area contributed by atoms with Crippen molar-refractivity contribution in [2.45, 2.75) is 13.5 Å². The topological polar surface area (TPSA) is 116 Å². The number of hydrogen-bond donors (Lipinski definition) is 2. The van der Waals surface area contributed by atoms with Gasteiger partial charge in [0.2, 0.25) is 5.91 Å². The fourth-order valence-electron chi connectivity index (χ4n) is 2.74. The van der Waals surface area contributed by atoms with Crippen LogP contribution in [0.3, 0.4) is 0 Å². The molecule has 148 valence electrons. The van der Waals surface area contributed by atoms with Crippen molar-refractivity contribution in [2.75, 3.05) is 11.9 Å². The molecule has 8 nitrogen and oxygen atoms in total. The molecule has 2 amide bonds. The second kappa shape index (κ2) is 8.83. The molecule has 1 heterocycles. The van der Waals surface area contributed by atoms with Crippen LogP contribution in [0.2, 0.25) is 0 Å². The molecule has 0 fully saturated rings. The van der Waals surface area contributed by atoms with Gasteiger partial charge in [-0.2, -0.15) is 0 Å². The third-order valence-electron chi connectivity index (χ3n) is 4.12. The van der Waals surface area contributed by atoms with Gasteiger partial charge in [-0.15, -0.1) is 0 Å². The van der Waals surface area contributed by atoms with E-state index in [0.29, 0.717) is 12.3 Å². The highest BCUT2D eigenvalue weighted by Gasteiger charge is 2.12. The van der Waals surface area contributed by atoms with Gasteiger partial charge in [0.1, 0.15) is 12.3 Å². The minimum atomic E-state index is -0.653. The lowest BCUT2D eigenvalue weighted by molar-refractivity contribution is -0.116. The summed E-state index contributed by atoms with van der Waals surface area (Å²) >= 11 is 0. The molecule has 0 saturated carbocycles. The summed E-state index contributed by atoms with van der Waals surface area (Å²) in [5, 5.41) is 2.59. The summed E-state index contributed by atoms with van der Waals surface area (Å²) in [5.41, 5.74) is 6.67. The van der Waals surface area contributed by atoms with E-state index in [1.165, 1.54) is 23.0 Å². The number of carbonyl (C=O) groups is 2. The van der Waals surface area contributed by atoms with Gasteiger partial charge in [-0.25, -0.2) is 4.98 Å². The Labute approximate surface area is 167 Å². The van der Waals surface area contributed by atoms with Crippen LogP contribution in [0.5, 0.6) is 5.75 Å². The predicted molar refractivity (Wildman–Crippen MR) is 109 cm³/mol. The van der Waals surface area contributed by atoms with E-state index in [1.54, 1.807) is 30.3 Å². The molecule has 3 rings (SSSR count). The quantitative estimate of drug-likeness (QED) is 0.638. The molecule has 29 heavy (non-hydrogen) atoms. The molecule has 0 aliphatic heterocycles. The Morgan fingerprint density at radius 1 is 1.14 bits per heavy atom. The number of primary amides is 1. The van der Waals surface area contributed by atoms with Gasteiger partial charge in [0.15, 0.2) is 0 Å². The summed E-state index contributed by atoms with van der Waals surface area (Å²) in [5.74, 6) is -0.395. The van der Waals surface area contributed by atoms with E-state index in [4.69, 9.17) is 10.5 Å². The molecule has 2 aromatic carbocycles. The summed E-state index contributed by atoms with van der Waals surface area (Å²) in [4.78, 5) is 40.4. The molecular weight excluding hydrogens is 372 g/mol. The third kappa shape index (κ3) is 4.86. The first-order valence-corrected chi connectivity index (χ1v) is 8.96. The number of ether oxygens (including phenoxy) is 1. The van der Waals surface area contributed by atoms with E-state index in [1.807, 2.05) is 19.1 Å². The van der Waals surface area contributed by atoms with Crippen LogP contribution in [0.4, 0.5) is 5.69 Å². The van der Waals surface area contributed by atoms with Crippen molar-refractivity contribution in [3.63, 3.8) is 0 Å². The maximum Gasteiger partial charge on any atom is 0.254 e. The lowest BCUT2D eigenvalue weighted by atomic mass is 10.1. The van der Waals surface area contributed by atoms with Crippen molar-refractivity contribution >= 4 is 17.5 Å². The number of nitrogens with two attached hydrogens (primary N) is 1. The Kier molecular flexibility index (Phi) is 6.03. The highest BCUT2D eigenvalue weighted by atomic mass is 16.5. The molecule has 0 bridgehead atoms. The zero-order valence-corrected chi connectivity index (χ0v) is 15.8. The van der Waals surface area contributed by atoms with Crippen LogP contribution in [0.1, 0.15) is 17.3 Å². The second-order valence-electron chi connectivity index (χ2n) is 6.16. The average Bonchev–Trinajstić information content (AvgIpc) is 2.70. The van der Waals surface area contributed by atoms with Gasteiger partial charge in [0.05, 0.1) is 29.9 Å². The molecular formula is C21H20N4O4. The molecule has 8 heteroatoms. The molecule has 0 aliphatic carbocycles. The third-order valence-corrected chi connectivity index (χ3v) is 4.12. The number of para-hydroxylation sites is 1. The maximum atomic E-state index is 12.4. The lowest BCUT2D eigenvalue weighted by Gasteiger charge is -2.10. The molecule has 1 aromatic heterocycles. The number of hydrogen-bond acceptors (Lipinski definition) is 5. The van der Waals surface area contributed by atoms with E-state index in [9.17, 15) is 14.4 Å². The number of carbonyl (C=O) groups excluding carboxylic acids is 2. The average molecular weight is 392 g/mol. The minimum absolute atomic E-state index is 0.192. The zero-order valence-electron chi connectivity index (χ0n) is 15.8. The van der Waals surface area contributed by atoms with E-state index in [0.717, 1.165) is 11.3 Å². The van der Waals surface area contributed by atoms with Gasteiger partial charge in [-0.3, -0.25) is 19.0 Å². The Morgan fingerprint density at radius 3 is 2.52 bits per heavy atom. The Hall–Kier alpha value is -3.94. The Morgan fingerprint density at radius 2 is 1.86 bits per heavy atom. The van der Waals surface area contributed by atoms with Crippen LogP contribution >= 0.6 is 0 Å². The van der Waals surface area contributed by atoms with Crippen molar-refractivity contribution in [1.29, 1.82) is 0 Å². The fraction of sp³-hybridized carbons (Fsp3) is 0.143. The molecule has 3 N–H and O–H groups in total. The summed E-state index contributed by atoms with van der Waals surface area (Å²) in [6, 6.07) is 15.0. The molecule has 3 aromatic rings. The zero-order chi connectivity index (χ0) is 20.8. The second-order valence-corrected chi connectivity index (χ2v) is 6.16. The van der Waals surface area contributed by atoms with Gasteiger partial charge in [-0.1, -0.05) is 12.1 Å². The Balaban J connectivity index is 1.73. The minimum Gasteiger partial charge on any atom is -0.494 e. The molecule has 0 unspecified atom stereocenters. The maximum absolute atomic E-state index is 12.4. The normalized spacial score (nSPS) is 10.4. The largest absolute Gasteiger partial charge is 0.494 e. The summed E-state index contributed by atoms with van der Waals surface area (Å²) in [7, 11) is 0. The van der Waals surface area contributed by atoms with Crippen LogP contribution in [0.25, 0.3) is 11.3 Å². The van der Waals surface area contributed by atoms with Gasteiger partial charge in [0.25, 0.3) is 11.5 Å². The molecule has 0 saturated heterocycles. The van der Waals surface area contributed by atoms with Crippen LogP contribution in [-0.4, -0.2) is 28.0 Å². The fourth-order valence-corrected chi connectivity index (χ4v) is 2.74. The van der Waals surface area contributed by atoms with Crippen molar-refractivity contribution in [2.24, 2.45) is 5.73 Å². The molecule has 0 aliphatic rings. The summed E-state index contributed by atoms with van der Waals surface area (Å²) in [6.07, 6.45) is 1.31. The van der Waals surface area contributed by atoms with Gasteiger partial charge in [0, 0.05) is 11.6 Å². The first-order chi connectivity index (χ1) is 14.0.